The van der Waals surface area contributed by atoms with Gasteiger partial charge in [0, 0.05) is 10.4 Å². The summed E-state index contributed by atoms with van der Waals surface area (Å²) in [5.74, 6) is 0.645. The van der Waals surface area contributed by atoms with Crippen LogP contribution in [0.2, 0.25) is 0 Å². The number of methoxy groups -OCH3 is 1. The van der Waals surface area contributed by atoms with E-state index >= 15 is 0 Å². The largest absolute Gasteiger partial charge is 0.504 e. The third kappa shape index (κ3) is 2.27. The van der Waals surface area contributed by atoms with Crippen molar-refractivity contribution in [3.63, 3.8) is 0 Å². The minimum Gasteiger partial charge on any atom is -0.504 e. The van der Waals surface area contributed by atoms with Crippen LogP contribution in [-0.4, -0.2) is 24.2 Å². The second kappa shape index (κ2) is 5.42. The fraction of sp³-hybridized carbons (Fsp3) is 0.400. The van der Waals surface area contributed by atoms with Gasteiger partial charge in [0.1, 0.15) is 5.01 Å². The minimum atomic E-state index is 0.158. The van der Waals surface area contributed by atoms with Gasteiger partial charge < -0.3 is 15.2 Å². The Balaban J connectivity index is 2.01. The average Bonchev–Trinajstić information content (AvgIpc) is 2.91. The summed E-state index contributed by atoms with van der Waals surface area (Å²) in [5, 5.41) is 14.0. The molecule has 0 radical (unpaired) electrons. The first-order valence-corrected chi connectivity index (χ1v) is 7.59. The molecule has 5 heteroatoms. The highest BCUT2D eigenvalue weighted by Gasteiger charge is 2.24. The predicted molar refractivity (Wildman–Crippen MR) is 80.5 cm³/mol. The van der Waals surface area contributed by atoms with Crippen molar-refractivity contribution in [1.29, 1.82) is 0 Å². The Kier molecular flexibility index (Phi) is 3.63. The Morgan fingerprint density at radius 1 is 1.45 bits per heavy atom. The molecule has 1 heterocycles. The van der Waals surface area contributed by atoms with Crippen LogP contribution in [0.4, 0.5) is 0 Å². The average molecular weight is 290 g/mol. The molecule has 0 fully saturated rings. The quantitative estimate of drug-likeness (QED) is 0.912. The Hall–Kier alpha value is -1.59. The molecule has 2 N–H and O–H groups in total. The van der Waals surface area contributed by atoms with Crippen molar-refractivity contribution >= 4 is 11.3 Å². The maximum absolute atomic E-state index is 9.67. The molecule has 4 nitrogen and oxygen atoms in total. The number of aromatic nitrogens is 1. The van der Waals surface area contributed by atoms with E-state index in [1.807, 2.05) is 19.2 Å². The number of benzene rings is 1. The standard InChI is InChI=1S/C15H18N2O2S/c1-16-10-4-3-5-13-14(10)17-15(20-13)9-6-7-11(18)12(8-9)19-2/h6-8,10,16,18H,3-5H2,1-2H3. The third-order valence-corrected chi connectivity index (χ3v) is 4.91. The molecule has 0 spiro atoms. The number of rotatable bonds is 3. The lowest BCUT2D eigenvalue weighted by atomic mass is 9.98. The molecule has 1 unspecified atom stereocenters. The summed E-state index contributed by atoms with van der Waals surface area (Å²) in [6, 6.07) is 5.75. The zero-order valence-electron chi connectivity index (χ0n) is 11.6. The van der Waals surface area contributed by atoms with Gasteiger partial charge in [0.15, 0.2) is 11.5 Å². The van der Waals surface area contributed by atoms with Crippen LogP contribution in [-0.2, 0) is 6.42 Å². The van der Waals surface area contributed by atoms with Gasteiger partial charge in [-0.15, -0.1) is 11.3 Å². The Morgan fingerprint density at radius 3 is 3.05 bits per heavy atom. The van der Waals surface area contributed by atoms with Gasteiger partial charge in [-0.1, -0.05) is 0 Å². The van der Waals surface area contributed by atoms with Gasteiger partial charge in [0.05, 0.1) is 18.8 Å². The molecular weight excluding hydrogens is 272 g/mol. The van der Waals surface area contributed by atoms with Crippen molar-refractivity contribution in [2.24, 2.45) is 0 Å². The summed E-state index contributed by atoms with van der Waals surface area (Å²) in [6.07, 6.45) is 3.46. The topological polar surface area (TPSA) is 54.4 Å². The van der Waals surface area contributed by atoms with Gasteiger partial charge >= 0.3 is 0 Å². The first-order chi connectivity index (χ1) is 9.72. The maximum Gasteiger partial charge on any atom is 0.161 e. The molecule has 20 heavy (non-hydrogen) atoms. The van der Waals surface area contributed by atoms with Crippen molar-refractivity contribution in [1.82, 2.24) is 10.3 Å². The lowest BCUT2D eigenvalue weighted by molar-refractivity contribution is 0.373. The highest BCUT2D eigenvalue weighted by atomic mass is 32.1. The molecule has 1 aromatic carbocycles. The van der Waals surface area contributed by atoms with E-state index in [0.29, 0.717) is 11.8 Å². The molecule has 1 aliphatic rings. The van der Waals surface area contributed by atoms with Crippen molar-refractivity contribution in [2.75, 3.05) is 14.2 Å². The summed E-state index contributed by atoms with van der Waals surface area (Å²) in [6.45, 7) is 0. The number of ether oxygens (including phenoxy) is 1. The number of phenols is 1. The van der Waals surface area contributed by atoms with Crippen LogP contribution in [0.1, 0.15) is 29.5 Å². The van der Waals surface area contributed by atoms with Crippen molar-refractivity contribution < 1.29 is 9.84 Å². The zero-order chi connectivity index (χ0) is 14.1. The molecule has 1 aromatic heterocycles. The summed E-state index contributed by atoms with van der Waals surface area (Å²) in [4.78, 5) is 6.17. The number of nitrogens with zero attached hydrogens (tertiary/aromatic N) is 1. The van der Waals surface area contributed by atoms with Gasteiger partial charge in [-0.25, -0.2) is 4.98 Å². The SMILES string of the molecule is CNC1CCCc2sc(-c3ccc(O)c(OC)c3)nc21. The van der Waals surface area contributed by atoms with E-state index in [2.05, 4.69) is 5.32 Å². The van der Waals surface area contributed by atoms with E-state index in [0.717, 1.165) is 23.4 Å². The Bertz CT molecular complexity index is 624. The lowest BCUT2D eigenvalue weighted by Gasteiger charge is -2.19. The molecule has 106 valence electrons. The van der Waals surface area contributed by atoms with E-state index in [1.54, 1.807) is 24.5 Å². The predicted octanol–water partition coefficient (Wildman–Crippen LogP) is 3.12. The van der Waals surface area contributed by atoms with E-state index in [9.17, 15) is 5.11 Å². The van der Waals surface area contributed by atoms with Gasteiger partial charge in [-0.05, 0) is 44.5 Å². The number of aromatic hydroxyl groups is 1. The third-order valence-electron chi connectivity index (χ3n) is 3.73. The van der Waals surface area contributed by atoms with Crippen LogP contribution in [0.5, 0.6) is 11.5 Å². The summed E-state index contributed by atoms with van der Waals surface area (Å²) < 4.78 is 5.17. The van der Waals surface area contributed by atoms with Gasteiger partial charge in [0.2, 0.25) is 0 Å². The fourth-order valence-electron chi connectivity index (χ4n) is 2.63. The molecule has 3 rings (SSSR count). The minimum absolute atomic E-state index is 0.158. The number of aryl methyl sites for hydroxylation is 1. The molecule has 0 saturated heterocycles. The number of phenolic OH excluding ortho intramolecular Hbond substituents is 1. The molecule has 1 aliphatic carbocycles. The van der Waals surface area contributed by atoms with Crippen LogP contribution < -0.4 is 10.1 Å². The van der Waals surface area contributed by atoms with Crippen LogP contribution in [0, 0.1) is 0 Å². The van der Waals surface area contributed by atoms with E-state index in [4.69, 9.17) is 9.72 Å². The van der Waals surface area contributed by atoms with Crippen LogP contribution in [0.25, 0.3) is 10.6 Å². The van der Waals surface area contributed by atoms with Crippen molar-refractivity contribution in [3.05, 3.63) is 28.8 Å². The van der Waals surface area contributed by atoms with E-state index in [1.165, 1.54) is 17.0 Å². The Morgan fingerprint density at radius 2 is 2.30 bits per heavy atom. The highest BCUT2D eigenvalue weighted by Crippen LogP contribution is 2.39. The monoisotopic (exact) mass is 290 g/mol. The number of nitrogens with one attached hydrogen (secondary N) is 1. The second-order valence-corrected chi connectivity index (χ2v) is 6.03. The number of fused-ring (bicyclic) bond motifs is 1. The molecule has 0 aliphatic heterocycles. The van der Waals surface area contributed by atoms with Crippen molar-refractivity contribution in [3.8, 4) is 22.1 Å². The highest BCUT2D eigenvalue weighted by molar-refractivity contribution is 7.15. The Labute approximate surface area is 122 Å². The molecular formula is C15H18N2O2S. The second-order valence-electron chi connectivity index (χ2n) is 4.95. The zero-order valence-corrected chi connectivity index (χ0v) is 12.5. The normalized spacial score (nSPS) is 17.8. The fourth-order valence-corrected chi connectivity index (χ4v) is 3.79. The number of thiazole rings is 1. The van der Waals surface area contributed by atoms with E-state index < -0.39 is 0 Å². The maximum atomic E-state index is 9.67. The summed E-state index contributed by atoms with van der Waals surface area (Å²) in [7, 11) is 3.55. The molecule has 2 aromatic rings. The number of hydrogen-bond donors (Lipinski definition) is 2. The first kappa shape index (κ1) is 13.4. The smallest absolute Gasteiger partial charge is 0.161 e. The van der Waals surface area contributed by atoms with Crippen molar-refractivity contribution in [2.45, 2.75) is 25.3 Å². The van der Waals surface area contributed by atoms with Gasteiger partial charge in [-0.3, -0.25) is 0 Å². The van der Waals surface area contributed by atoms with E-state index in [-0.39, 0.29) is 5.75 Å². The van der Waals surface area contributed by atoms with Crippen LogP contribution in [0.15, 0.2) is 18.2 Å². The van der Waals surface area contributed by atoms with Crippen LogP contribution >= 0.6 is 11.3 Å². The van der Waals surface area contributed by atoms with Gasteiger partial charge in [0.25, 0.3) is 0 Å². The lowest BCUT2D eigenvalue weighted by Crippen LogP contribution is -2.21. The molecule has 1 atom stereocenters. The van der Waals surface area contributed by atoms with Crippen LogP contribution in [0.3, 0.4) is 0 Å². The summed E-state index contributed by atoms with van der Waals surface area (Å²) >= 11 is 1.74. The molecule has 0 amide bonds. The van der Waals surface area contributed by atoms with Gasteiger partial charge in [-0.2, -0.15) is 0 Å². The molecule has 0 saturated carbocycles. The number of hydrogen-bond acceptors (Lipinski definition) is 5. The summed E-state index contributed by atoms with van der Waals surface area (Å²) in [5.41, 5.74) is 2.18. The molecule has 0 bridgehead atoms. The first-order valence-electron chi connectivity index (χ1n) is 6.77.